The van der Waals surface area contributed by atoms with Gasteiger partial charge in [0.05, 0.1) is 11.3 Å². The molecule has 1 aliphatic carbocycles. The highest BCUT2D eigenvalue weighted by Gasteiger charge is 2.24. The lowest BCUT2D eigenvalue weighted by Gasteiger charge is -2.23. The van der Waals surface area contributed by atoms with Crippen LogP contribution in [0, 0.1) is 5.92 Å². The Morgan fingerprint density at radius 2 is 1.89 bits per heavy atom. The van der Waals surface area contributed by atoms with Crippen molar-refractivity contribution in [2.24, 2.45) is 5.92 Å². The van der Waals surface area contributed by atoms with E-state index in [2.05, 4.69) is 5.32 Å². The molecule has 1 aromatic carbocycles. The Hall–Kier alpha value is -2.02. The fourth-order valence-corrected chi connectivity index (χ4v) is 4.02. The van der Waals surface area contributed by atoms with Crippen LogP contribution in [0.3, 0.4) is 0 Å². The second-order valence-corrected chi connectivity index (χ2v) is 8.04. The lowest BCUT2D eigenvalue weighted by atomic mass is 9.89. The minimum atomic E-state index is -1.06. The first kappa shape index (κ1) is 21.3. The van der Waals surface area contributed by atoms with Crippen molar-refractivity contribution in [2.45, 2.75) is 50.0 Å². The lowest BCUT2D eigenvalue weighted by Crippen LogP contribution is -2.40. The van der Waals surface area contributed by atoms with E-state index < -0.39 is 12.0 Å². The predicted octanol–water partition coefficient (Wildman–Crippen LogP) is 3.02. The highest BCUT2D eigenvalue weighted by atomic mass is 32.2. The molecule has 1 unspecified atom stereocenters. The van der Waals surface area contributed by atoms with Crippen molar-refractivity contribution in [2.75, 3.05) is 19.3 Å². The maximum Gasteiger partial charge on any atom is 0.326 e. The normalized spacial score (nSPS) is 15.8. The summed E-state index contributed by atoms with van der Waals surface area (Å²) in [4.78, 5) is 37.8. The average Bonchev–Trinajstić information content (AvgIpc) is 2.69. The van der Waals surface area contributed by atoms with E-state index in [4.69, 9.17) is 5.11 Å². The summed E-state index contributed by atoms with van der Waals surface area (Å²) in [7, 11) is 1.47. The van der Waals surface area contributed by atoms with Gasteiger partial charge in [-0.05, 0) is 37.8 Å². The summed E-state index contributed by atoms with van der Waals surface area (Å²) in [5.74, 6) is -0.656. The lowest BCUT2D eigenvalue weighted by molar-refractivity contribution is -0.141. The predicted molar refractivity (Wildman–Crippen MR) is 106 cm³/mol. The number of carboxylic acid groups (broad SMARTS) is 1. The van der Waals surface area contributed by atoms with Crippen molar-refractivity contribution in [3.8, 4) is 0 Å². The molecule has 7 heteroatoms. The van der Waals surface area contributed by atoms with E-state index in [0.717, 1.165) is 6.54 Å². The van der Waals surface area contributed by atoms with Crippen LogP contribution in [0.2, 0.25) is 0 Å². The molecule has 2 rings (SSSR count). The van der Waals surface area contributed by atoms with Crippen molar-refractivity contribution in [1.29, 1.82) is 0 Å². The van der Waals surface area contributed by atoms with E-state index in [0.29, 0.717) is 16.4 Å². The molecule has 0 radical (unpaired) electrons. The molecular weight excluding hydrogens is 364 g/mol. The van der Waals surface area contributed by atoms with E-state index in [9.17, 15) is 14.4 Å². The number of likely N-dealkylation sites (N-methyl/N-ethyl adjacent to an activating group) is 1. The molecule has 6 nitrogen and oxygen atoms in total. The minimum Gasteiger partial charge on any atom is -0.480 e. The Morgan fingerprint density at radius 3 is 2.56 bits per heavy atom. The van der Waals surface area contributed by atoms with Crippen molar-refractivity contribution in [3.63, 3.8) is 0 Å². The number of nitrogens with zero attached hydrogens (tertiary/aromatic N) is 1. The van der Waals surface area contributed by atoms with E-state index in [1.807, 2.05) is 0 Å². The third-order valence-electron chi connectivity index (χ3n) is 5.05. The Morgan fingerprint density at radius 1 is 1.22 bits per heavy atom. The maximum absolute atomic E-state index is 12.6. The molecule has 1 fully saturated rings. The van der Waals surface area contributed by atoms with Crippen LogP contribution in [-0.2, 0) is 9.59 Å². The molecule has 1 atom stereocenters. The number of aliphatic carboxylic acids is 1. The Balaban J connectivity index is 1.91. The second kappa shape index (κ2) is 10.3. The number of carboxylic acids is 1. The Kier molecular flexibility index (Phi) is 8.16. The van der Waals surface area contributed by atoms with Crippen molar-refractivity contribution < 1.29 is 19.5 Å². The van der Waals surface area contributed by atoms with Gasteiger partial charge in [0.1, 0.15) is 6.04 Å². The molecule has 0 heterocycles. The number of nitrogens with one attached hydrogen (secondary N) is 1. The Bertz CT molecular complexity index is 674. The van der Waals surface area contributed by atoms with Crippen LogP contribution in [0.1, 0.15) is 49.4 Å². The summed E-state index contributed by atoms with van der Waals surface area (Å²) in [5, 5.41) is 12.1. The largest absolute Gasteiger partial charge is 0.480 e. The number of rotatable bonds is 8. The highest BCUT2D eigenvalue weighted by molar-refractivity contribution is 8.00. The first-order valence-corrected chi connectivity index (χ1v) is 10.4. The fourth-order valence-electron chi connectivity index (χ4n) is 3.14. The van der Waals surface area contributed by atoms with E-state index in [1.54, 1.807) is 24.3 Å². The third-order valence-corrected chi connectivity index (χ3v) is 6.12. The summed E-state index contributed by atoms with van der Waals surface area (Å²) in [5.41, 5.74) is 0.415. The summed E-state index contributed by atoms with van der Waals surface area (Å²) in [6, 6.07) is 6.06. The minimum absolute atomic E-state index is 0.0416. The van der Waals surface area contributed by atoms with Gasteiger partial charge in [-0.2, -0.15) is 0 Å². The molecule has 0 spiro atoms. The molecule has 1 aliphatic rings. The van der Waals surface area contributed by atoms with Crippen LogP contribution >= 0.6 is 11.8 Å². The zero-order chi connectivity index (χ0) is 19.8. The quantitative estimate of drug-likeness (QED) is 0.664. The molecule has 0 aliphatic heterocycles. The third kappa shape index (κ3) is 6.27. The summed E-state index contributed by atoms with van der Waals surface area (Å²) in [6.07, 6.45) is 6.14. The number of hydrogen-bond acceptors (Lipinski definition) is 4. The molecule has 1 saturated carbocycles. The van der Waals surface area contributed by atoms with Crippen LogP contribution < -0.4 is 5.32 Å². The van der Waals surface area contributed by atoms with Crippen LogP contribution in [0.15, 0.2) is 29.2 Å². The van der Waals surface area contributed by atoms with Gasteiger partial charge in [-0.1, -0.05) is 31.4 Å². The van der Waals surface area contributed by atoms with Crippen molar-refractivity contribution >= 4 is 29.5 Å². The number of carbonyl (C=O) groups is 3. The topological polar surface area (TPSA) is 86.7 Å². The SMILES string of the molecule is CC(C(=O)O)N(C)C(=O)c1ccccc1SCC(=O)NCC1CCCCC1. The van der Waals surface area contributed by atoms with E-state index in [1.165, 1.54) is 62.7 Å². The van der Waals surface area contributed by atoms with Gasteiger partial charge in [0.25, 0.3) is 5.91 Å². The monoisotopic (exact) mass is 392 g/mol. The van der Waals surface area contributed by atoms with Crippen LogP contribution in [0.25, 0.3) is 0 Å². The van der Waals surface area contributed by atoms with Gasteiger partial charge >= 0.3 is 5.97 Å². The van der Waals surface area contributed by atoms with Crippen LogP contribution in [0.5, 0.6) is 0 Å². The molecule has 1 aromatic rings. The number of carbonyl (C=O) groups excluding carboxylic acids is 2. The van der Waals surface area contributed by atoms with Gasteiger partial charge in [0.2, 0.25) is 5.91 Å². The number of amides is 2. The van der Waals surface area contributed by atoms with E-state index >= 15 is 0 Å². The molecule has 2 amide bonds. The van der Waals surface area contributed by atoms with Crippen LogP contribution in [0.4, 0.5) is 0 Å². The summed E-state index contributed by atoms with van der Waals surface area (Å²) < 4.78 is 0. The zero-order valence-corrected chi connectivity index (χ0v) is 16.8. The second-order valence-electron chi connectivity index (χ2n) is 7.02. The molecule has 2 N–H and O–H groups in total. The molecule has 0 bridgehead atoms. The van der Waals surface area contributed by atoms with E-state index in [-0.39, 0.29) is 17.6 Å². The standard InChI is InChI=1S/C20H28N2O4S/c1-14(20(25)26)22(2)19(24)16-10-6-7-11-17(16)27-13-18(23)21-12-15-8-4-3-5-9-15/h6-7,10-11,14-15H,3-5,8-9,12-13H2,1-2H3,(H,21,23)(H,25,26). The number of hydrogen-bond donors (Lipinski definition) is 2. The summed E-state index contributed by atoms with van der Waals surface area (Å²) in [6.45, 7) is 2.19. The highest BCUT2D eigenvalue weighted by Crippen LogP contribution is 2.25. The number of thioether (sulfide) groups is 1. The molecule has 148 valence electrons. The van der Waals surface area contributed by atoms with Gasteiger partial charge in [0.15, 0.2) is 0 Å². The molecule has 27 heavy (non-hydrogen) atoms. The van der Waals surface area contributed by atoms with Gasteiger partial charge < -0.3 is 15.3 Å². The molecule has 0 aromatic heterocycles. The smallest absolute Gasteiger partial charge is 0.326 e. The average molecular weight is 393 g/mol. The first-order valence-electron chi connectivity index (χ1n) is 9.38. The fraction of sp³-hybridized carbons (Fsp3) is 0.550. The van der Waals surface area contributed by atoms with Gasteiger partial charge in [-0.25, -0.2) is 4.79 Å². The van der Waals surface area contributed by atoms with Crippen molar-refractivity contribution in [1.82, 2.24) is 10.2 Å². The van der Waals surface area contributed by atoms with Crippen LogP contribution in [-0.4, -0.2) is 53.2 Å². The van der Waals surface area contributed by atoms with Gasteiger partial charge in [0, 0.05) is 18.5 Å². The summed E-state index contributed by atoms with van der Waals surface area (Å²) >= 11 is 1.30. The van der Waals surface area contributed by atoms with Crippen molar-refractivity contribution in [3.05, 3.63) is 29.8 Å². The Labute approximate surface area is 164 Å². The van der Waals surface area contributed by atoms with Gasteiger partial charge in [-0.15, -0.1) is 11.8 Å². The maximum atomic E-state index is 12.6. The molecular formula is C20H28N2O4S. The zero-order valence-electron chi connectivity index (χ0n) is 15.9. The molecule has 0 saturated heterocycles. The first-order chi connectivity index (χ1) is 12.9. The van der Waals surface area contributed by atoms with Gasteiger partial charge in [-0.3, -0.25) is 9.59 Å². The number of benzene rings is 1.